The van der Waals surface area contributed by atoms with Gasteiger partial charge in [-0.15, -0.1) is 0 Å². The van der Waals surface area contributed by atoms with E-state index in [1.54, 1.807) is 39.8 Å². The highest BCUT2D eigenvalue weighted by molar-refractivity contribution is 8.00. The fraction of sp³-hybridized carbons (Fsp3) is 0.517. The standard InChI is InChI=1S/C29H35Cl2F3N4O2S/c1-19(17-35)2-3-21-14-22(29(32,33)34)5-7-25(21)36-8-10-37(11-9-36)28(40)26(38-12-13-41-18-27(38)39)15-20-4-6-23(30)16-24(20)31/h4-7,14,16,19,26H,2-3,8-13,15,17-18,35H2,1H3. The van der Waals surface area contributed by atoms with Crippen LogP contribution in [0.15, 0.2) is 36.4 Å². The van der Waals surface area contributed by atoms with E-state index in [2.05, 4.69) is 0 Å². The highest BCUT2D eigenvalue weighted by Crippen LogP contribution is 2.34. The molecule has 0 spiro atoms. The largest absolute Gasteiger partial charge is 0.416 e. The van der Waals surface area contributed by atoms with Crippen LogP contribution in [0.5, 0.6) is 0 Å². The summed E-state index contributed by atoms with van der Waals surface area (Å²) >= 11 is 14.0. The van der Waals surface area contributed by atoms with Crippen LogP contribution in [0.25, 0.3) is 0 Å². The number of amides is 2. The lowest BCUT2D eigenvalue weighted by Gasteiger charge is -2.41. The van der Waals surface area contributed by atoms with Crippen LogP contribution in [0.1, 0.15) is 30.0 Å². The van der Waals surface area contributed by atoms with Crippen LogP contribution in [-0.4, -0.2) is 78.4 Å². The molecule has 2 atom stereocenters. The molecule has 6 nitrogen and oxygen atoms in total. The number of nitrogens with two attached hydrogens (primary N) is 1. The van der Waals surface area contributed by atoms with Gasteiger partial charge in [-0.25, -0.2) is 0 Å². The zero-order valence-electron chi connectivity index (χ0n) is 22.9. The summed E-state index contributed by atoms with van der Waals surface area (Å²) in [5, 5.41) is 0.932. The van der Waals surface area contributed by atoms with Crippen LogP contribution >= 0.6 is 35.0 Å². The van der Waals surface area contributed by atoms with Gasteiger partial charge in [0.05, 0.1) is 11.3 Å². The van der Waals surface area contributed by atoms with Crippen molar-refractivity contribution in [2.45, 2.75) is 38.4 Å². The molecule has 0 saturated carbocycles. The molecule has 0 aromatic heterocycles. The quantitative estimate of drug-likeness (QED) is 0.403. The van der Waals surface area contributed by atoms with E-state index in [0.29, 0.717) is 73.5 Å². The summed E-state index contributed by atoms with van der Waals surface area (Å²) in [4.78, 5) is 32.2. The Hall–Kier alpha value is -2.14. The normalized spacial score (nSPS) is 18.0. The van der Waals surface area contributed by atoms with Crippen molar-refractivity contribution >= 4 is 52.5 Å². The predicted octanol–water partition coefficient (Wildman–Crippen LogP) is 5.37. The van der Waals surface area contributed by atoms with E-state index in [9.17, 15) is 22.8 Å². The fourth-order valence-corrected chi connectivity index (χ4v) is 6.55. The maximum Gasteiger partial charge on any atom is 0.416 e. The molecule has 2 aromatic rings. The van der Waals surface area contributed by atoms with E-state index in [0.717, 1.165) is 23.1 Å². The number of piperazine rings is 1. The Morgan fingerprint density at radius 3 is 2.41 bits per heavy atom. The van der Waals surface area contributed by atoms with Crippen molar-refractivity contribution in [1.82, 2.24) is 9.80 Å². The molecule has 4 rings (SSSR count). The molecular formula is C29H35Cl2F3N4O2S. The number of alkyl halides is 3. The van der Waals surface area contributed by atoms with E-state index < -0.39 is 17.8 Å². The fourth-order valence-electron chi connectivity index (χ4n) is 5.25. The highest BCUT2D eigenvalue weighted by atomic mass is 35.5. The number of benzene rings is 2. The van der Waals surface area contributed by atoms with Gasteiger partial charge in [-0.05, 0) is 66.8 Å². The van der Waals surface area contributed by atoms with Crippen molar-refractivity contribution in [1.29, 1.82) is 0 Å². The first-order valence-corrected chi connectivity index (χ1v) is 15.6. The van der Waals surface area contributed by atoms with Gasteiger partial charge >= 0.3 is 6.18 Å². The number of hydrogen-bond donors (Lipinski definition) is 1. The van der Waals surface area contributed by atoms with Crippen molar-refractivity contribution in [3.8, 4) is 0 Å². The third-order valence-corrected chi connectivity index (χ3v) is 9.27. The van der Waals surface area contributed by atoms with Crippen LogP contribution in [0, 0.1) is 5.92 Å². The molecular weight excluding hydrogens is 596 g/mol. The first kappa shape index (κ1) is 31.8. The second-order valence-corrected chi connectivity index (χ2v) is 12.6. The maximum atomic E-state index is 13.9. The smallest absolute Gasteiger partial charge is 0.368 e. The zero-order valence-corrected chi connectivity index (χ0v) is 25.3. The molecule has 0 radical (unpaired) electrons. The number of carbonyl (C=O) groups excluding carboxylic acids is 2. The number of hydrogen-bond acceptors (Lipinski definition) is 5. The van der Waals surface area contributed by atoms with E-state index in [1.807, 2.05) is 11.8 Å². The molecule has 2 N–H and O–H groups in total. The van der Waals surface area contributed by atoms with Gasteiger partial charge in [0.1, 0.15) is 6.04 Å². The van der Waals surface area contributed by atoms with Gasteiger partial charge in [0.15, 0.2) is 0 Å². The summed E-state index contributed by atoms with van der Waals surface area (Å²) in [6.07, 6.45) is -2.99. The summed E-state index contributed by atoms with van der Waals surface area (Å²) in [5.74, 6) is 1.03. The lowest BCUT2D eigenvalue weighted by Crippen LogP contribution is -2.58. The lowest BCUT2D eigenvalue weighted by atomic mass is 9.97. The summed E-state index contributed by atoms with van der Waals surface area (Å²) in [7, 11) is 0. The van der Waals surface area contributed by atoms with Gasteiger partial charge in [0, 0.05) is 60.6 Å². The van der Waals surface area contributed by atoms with Crippen LogP contribution in [0.2, 0.25) is 10.0 Å². The van der Waals surface area contributed by atoms with E-state index in [4.69, 9.17) is 28.9 Å². The second kappa shape index (κ2) is 13.9. The average molecular weight is 632 g/mol. The monoisotopic (exact) mass is 630 g/mol. The number of nitrogens with zero attached hydrogens (tertiary/aromatic N) is 3. The molecule has 2 amide bonds. The van der Waals surface area contributed by atoms with Crippen LogP contribution in [0.4, 0.5) is 18.9 Å². The summed E-state index contributed by atoms with van der Waals surface area (Å²) in [5.41, 5.74) is 7.19. The van der Waals surface area contributed by atoms with E-state index in [-0.39, 0.29) is 24.2 Å². The van der Waals surface area contributed by atoms with Gasteiger partial charge in [0.25, 0.3) is 0 Å². The molecule has 41 heavy (non-hydrogen) atoms. The Kier molecular flexibility index (Phi) is 10.8. The number of thioether (sulfide) groups is 1. The summed E-state index contributed by atoms with van der Waals surface area (Å²) in [6, 6.07) is 8.32. The molecule has 2 heterocycles. The summed E-state index contributed by atoms with van der Waals surface area (Å²) < 4.78 is 40.4. The van der Waals surface area contributed by atoms with Gasteiger partial charge in [-0.3, -0.25) is 9.59 Å². The minimum absolute atomic E-state index is 0.0792. The van der Waals surface area contributed by atoms with Crippen molar-refractivity contribution in [3.05, 3.63) is 63.1 Å². The Bertz CT molecular complexity index is 1240. The van der Waals surface area contributed by atoms with Gasteiger partial charge in [-0.2, -0.15) is 24.9 Å². The zero-order chi connectivity index (χ0) is 29.7. The third-order valence-electron chi connectivity index (χ3n) is 7.76. The van der Waals surface area contributed by atoms with Crippen LogP contribution < -0.4 is 10.6 Å². The molecule has 2 fully saturated rings. The van der Waals surface area contributed by atoms with Crippen molar-refractivity contribution < 1.29 is 22.8 Å². The Balaban J connectivity index is 1.51. The number of aryl methyl sites for hydroxylation is 1. The first-order chi connectivity index (χ1) is 19.5. The third kappa shape index (κ3) is 8.03. The molecule has 224 valence electrons. The molecule has 2 aromatic carbocycles. The molecule has 2 aliphatic heterocycles. The lowest BCUT2D eigenvalue weighted by molar-refractivity contribution is -0.144. The predicted molar refractivity (Wildman–Crippen MR) is 160 cm³/mol. The van der Waals surface area contributed by atoms with Crippen molar-refractivity contribution in [3.63, 3.8) is 0 Å². The topological polar surface area (TPSA) is 69.9 Å². The molecule has 2 saturated heterocycles. The maximum absolute atomic E-state index is 13.9. The van der Waals surface area contributed by atoms with Gasteiger partial charge in [-0.1, -0.05) is 36.2 Å². The van der Waals surface area contributed by atoms with Gasteiger partial charge in [0.2, 0.25) is 11.8 Å². The minimum atomic E-state index is -4.43. The molecule has 2 unspecified atom stereocenters. The number of carbonyl (C=O) groups is 2. The van der Waals surface area contributed by atoms with Crippen molar-refractivity contribution in [2.75, 3.05) is 55.7 Å². The van der Waals surface area contributed by atoms with Crippen LogP contribution in [-0.2, 0) is 28.6 Å². The number of anilines is 1. The van der Waals surface area contributed by atoms with Crippen molar-refractivity contribution in [2.24, 2.45) is 11.7 Å². The van der Waals surface area contributed by atoms with E-state index >= 15 is 0 Å². The minimum Gasteiger partial charge on any atom is -0.368 e. The molecule has 2 aliphatic rings. The second-order valence-electron chi connectivity index (χ2n) is 10.6. The molecule has 0 aliphatic carbocycles. The average Bonchev–Trinajstić information content (AvgIpc) is 2.95. The Morgan fingerprint density at radius 1 is 1.05 bits per heavy atom. The SMILES string of the molecule is CC(CN)CCc1cc(C(F)(F)F)ccc1N1CCN(C(=O)C(Cc2ccc(Cl)cc2Cl)N2CCSCC2=O)CC1. The number of rotatable bonds is 9. The van der Waals surface area contributed by atoms with Gasteiger partial charge < -0.3 is 20.4 Å². The number of halogens is 5. The van der Waals surface area contributed by atoms with E-state index in [1.165, 1.54) is 12.1 Å². The first-order valence-electron chi connectivity index (χ1n) is 13.7. The Labute approximate surface area is 253 Å². The molecule has 0 bridgehead atoms. The molecule has 12 heteroatoms. The Morgan fingerprint density at radius 2 is 1.78 bits per heavy atom. The van der Waals surface area contributed by atoms with Crippen LogP contribution in [0.3, 0.4) is 0 Å². The summed E-state index contributed by atoms with van der Waals surface area (Å²) in [6.45, 7) is 4.64. The highest BCUT2D eigenvalue weighted by Gasteiger charge is 2.36.